The highest BCUT2D eigenvalue weighted by Crippen LogP contribution is 2.01. The van der Waals surface area contributed by atoms with Crippen molar-refractivity contribution in [2.24, 2.45) is 0 Å². The van der Waals surface area contributed by atoms with Crippen LogP contribution in [0.5, 0.6) is 0 Å². The Morgan fingerprint density at radius 3 is 2.87 bits per heavy atom. The number of hydrogen-bond donors (Lipinski definition) is 0. The van der Waals surface area contributed by atoms with Gasteiger partial charge in [0.25, 0.3) is 0 Å². The summed E-state index contributed by atoms with van der Waals surface area (Å²) in [6.45, 7) is 2.09. The minimum absolute atomic E-state index is 0.353. The third-order valence-electron chi connectivity index (χ3n) is 1.63. The number of rotatable bonds is 4. The van der Waals surface area contributed by atoms with E-state index >= 15 is 0 Å². The van der Waals surface area contributed by atoms with Crippen molar-refractivity contribution in [2.75, 3.05) is 6.61 Å². The van der Waals surface area contributed by atoms with Gasteiger partial charge in [-0.3, -0.25) is 9.78 Å². The molecule has 0 radical (unpaired) electrons. The van der Waals surface area contributed by atoms with E-state index in [0.717, 1.165) is 5.56 Å². The van der Waals surface area contributed by atoms with E-state index in [1.165, 1.54) is 12.3 Å². The molecule has 0 unspecified atom stereocenters. The molecule has 0 spiro atoms. The fourth-order valence-electron chi connectivity index (χ4n) is 0.940. The van der Waals surface area contributed by atoms with Gasteiger partial charge in [0.15, 0.2) is 6.29 Å². The molecule has 1 rings (SSSR count). The maximum absolute atomic E-state index is 11.0. The van der Waals surface area contributed by atoms with Crippen LogP contribution in [0, 0.1) is 0 Å². The lowest BCUT2D eigenvalue weighted by Gasteiger charge is -1.95. The van der Waals surface area contributed by atoms with Gasteiger partial charge < -0.3 is 4.74 Å². The van der Waals surface area contributed by atoms with E-state index in [1.54, 1.807) is 25.1 Å². The van der Waals surface area contributed by atoms with Crippen LogP contribution in [0.4, 0.5) is 0 Å². The van der Waals surface area contributed by atoms with Crippen molar-refractivity contribution in [3.63, 3.8) is 0 Å². The predicted octanol–water partition coefficient (Wildman–Crippen LogP) is 1.47. The average molecular weight is 205 g/mol. The number of esters is 1. The summed E-state index contributed by atoms with van der Waals surface area (Å²) in [5.41, 5.74) is 1.11. The molecule has 0 saturated heterocycles. The van der Waals surface area contributed by atoms with Gasteiger partial charge >= 0.3 is 5.97 Å². The highest BCUT2D eigenvalue weighted by atomic mass is 16.5. The third-order valence-corrected chi connectivity index (χ3v) is 1.63. The molecule has 4 nitrogen and oxygen atoms in total. The monoisotopic (exact) mass is 205 g/mol. The lowest BCUT2D eigenvalue weighted by molar-refractivity contribution is -0.137. The van der Waals surface area contributed by atoms with E-state index in [2.05, 4.69) is 4.98 Å². The zero-order valence-corrected chi connectivity index (χ0v) is 8.34. The summed E-state index contributed by atoms with van der Waals surface area (Å²) in [4.78, 5) is 25.1. The first-order chi connectivity index (χ1) is 7.26. The highest BCUT2D eigenvalue weighted by Gasteiger charge is 1.94. The number of pyridine rings is 1. The smallest absolute Gasteiger partial charge is 0.330 e. The van der Waals surface area contributed by atoms with E-state index in [4.69, 9.17) is 4.74 Å². The third kappa shape index (κ3) is 3.72. The van der Waals surface area contributed by atoms with Gasteiger partial charge in [-0.1, -0.05) is 6.07 Å². The molecule has 0 aliphatic rings. The van der Waals surface area contributed by atoms with Crippen molar-refractivity contribution in [3.05, 3.63) is 35.7 Å². The summed E-state index contributed by atoms with van der Waals surface area (Å²) >= 11 is 0. The molecule has 0 amide bonds. The molecule has 0 bridgehead atoms. The standard InChI is InChI=1S/C11H11NO3/c1-2-15-11(14)6-4-9-3-5-10(8-13)12-7-9/h3-8H,2H2,1H3. The van der Waals surface area contributed by atoms with Crippen LogP contribution >= 0.6 is 0 Å². The van der Waals surface area contributed by atoms with Crippen LogP contribution in [-0.4, -0.2) is 23.8 Å². The van der Waals surface area contributed by atoms with Gasteiger partial charge in [-0.15, -0.1) is 0 Å². The van der Waals surface area contributed by atoms with Gasteiger partial charge in [0.2, 0.25) is 0 Å². The van der Waals surface area contributed by atoms with Gasteiger partial charge in [0.05, 0.1) is 6.61 Å². The van der Waals surface area contributed by atoms with E-state index in [-0.39, 0.29) is 0 Å². The van der Waals surface area contributed by atoms with Crippen molar-refractivity contribution in [2.45, 2.75) is 6.92 Å². The van der Waals surface area contributed by atoms with Gasteiger partial charge in [-0.05, 0) is 24.6 Å². The van der Waals surface area contributed by atoms with E-state index in [1.807, 2.05) is 0 Å². The Labute approximate surface area is 87.6 Å². The normalized spacial score (nSPS) is 10.2. The van der Waals surface area contributed by atoms with Crippen LogP contribution in [0.25, 0.3) is 6.08 Å². The summed E-state index contributed by atoms with van der Waals surface area (Å²) in [5.74, 6) is -0.392. The number of carbonyl (C=O) groups is 2. The van der Waals surface area contributed by atoms with Gasteiger partial charge in [-0.25, -0.2) is 4.79 Å². The minimum atomic E-state index is -0.392. The Kier molecular flexibility index (Phi) is 4.22. The van der Waals surface area contributed by atoms with E-state index < -0.39 is 5.97 Å². The summed E-state index contributed by atoms with van der Waals surface area (Å²) in [7, 11) is 0. The minimum Gasteiger partial charge on any atom is -0.463 e. The van der Waals surface area contributed by atoms with Crippen LogP contribution in [0.3, 0.4) is 0 Å². The molecule has 0 saturated carbocycles. The summed E-state index contributed by atoms with van der Waals surface area (Å²) in [5, 5.41) is 0. The van der Waals surface area contributed by atoms with Crippen molar-refractivity contribution >= 4 is 18.3 Å². The second-order valence-corrected chi connectivity index (χ2v) is 2.72. The maximum atomic E-state index is 11.0. The Bertz CT molecular complexity index is 368. The van der Waals surface area contributed by atoms with Crippen molar-refractivity contribution in [1.82, 2.24) is 4.98 Å². The molecule has 0 aliphatic carbocycles. The van der Waals surface area contributed by atoms with Crippen molar-refractivity contribution in [1.29, 1.82) is 0 Å². The Morgan fingerprint density at radius 1 is 1.53 bits per heavy atom. The number of carbonyl (C=O) groups excluding carboxylic acids is 2. The quantitative estimate of drug-likeness (QED) is 0.424. The van der Waals surface area contributed by atoms with Crippen LogP contribution in [0.1, 0.15) is 23.0 Å². The van der Waals surface area contributed by atoms with Crippen LogP contribution in [0.2, 0.25) is 0 Å². The molecule has 0 N–H and O–H groups in total. The first-order valence-electron chi connectivity index (χ1n) is 4.52. The summed E-state index contributed by atoms with van der Waals surface area (Å²) in [6, 6.07) is 3.28. The first-order valence-corrected chi connectivity index (χ1v) is 4.52. The SMILES string of the molecule is CCOC(=O)C=Cc1ccc(C=O)nc1. The van der Waals surface area contributed by atoms with Gasteiger partial charge in [-0.2, -0.15) is 0 Å². The van der Waals surface area contributed by atoms with E-state index in [9.17, 15) is 9.59 Å². The largest absolute Gasteiger partial charge is 0.463 e. The van der Waals surface area contributed by atoms with Crippen LogP contribution in [0.15, 0.2) is 24.4 Å². The average Bonchev–Trinajstić information content (AvgIpc) is 2.27. The Hall–Kier alpha value is -1.97. The molecule has 0 fully saturated rings. The van der Waals surface area contributed by atoms with Crippen molar-refractivity contribution < 1.29 is 14.3 Å². The van der Waals surface area contributed by atoms with Crippen LogP contribution < -0.4 is 0 Å². The summed E-state index contributed by atoms with van der Waals surface area (Å²) in [6.07, 6.45) is 5.08. The highest BCUT2D eigenvalue weighted by molar-refractivity contribution is 5.87. The second-order valence-electron chi connectivity index (χ2n) is 2.72. The Morgan fingerprint density at radius 2 is 2.33 bits per heavy atom. The molecule has 1 aromatic rings. The molecule has 4 heteroatoms. The number of aldehydes is 1. The van der Waals surface area contributed by atoms with Gasteiger partial charge in [0, 0.05) is 12.3 Å². The lowest BCUT2D eigenvalue weighted by Crippen LogP contribution is -1.98. The molecule has 15 heavy (non-hydrogen) atoms. The Balaban J connectivity index is 2.64. The number of ether oxygens (including phenoxy) is 1. The van der Waals surface area contributed by atoms with Crippen molar-refractivity contribution in [3.8, 4) is 0 Å². The number of aromatic nitrogens is 1. The second kappa shape index (κ2) is 5.70. The van der Waals surface area contributed by atoms with Crippen LogP contribution in [-0.2, 0) is 9.53 Å². The molecule has 0 atom stereocenters. The fourth-order valence-corrected chi connectivity index (χ4v) is 0.940. The summed E-state index contributed by atoms with van der Waals surface area (Å²) < 4.78 is 4.71. The lowest BCUT2D eigenvalue weighted by atomic mass is 10.2. The van der Waals surface area contributed by atoms with E-state index in [0.29, 0.717) is 18.6 Å². The number of nitrogens with zero attached hydrogens (tertiary/aromatic N) is 1. The molecular formula is C11H11NO3. The molecule has 0 aromatic carbocycles. The fraction of sp³-hybridized carbons (Fsp3) is 0.182. The predicted molar refractivity (Wildman–Crippen MR) is 55.3 cm³/mol. The molecule has 1 heterocycles. The number of hydrogen-bond acceptors (Lipinski definition) is 4. The molecule has 1 aromatic heterocycles. The zero-order valence-electron chi connectivity index (χ0n) is 8.34. The van der Waals surface area contributed by atoms with Gasteiger partial charge in [0.1, 0.15) is 5.69 Å². The molecular weight excluding hydrogens is 194 g/mol. The first kappa shape index (κ1) is 11.1. The molecule has 78 valence electrons. The zero-order chi connectivity index (χ0) is 11.1. The maximum Gasteiger partial charge on any atom is 0.330 e. The topological polar surface area (TPSA) is 56.3 Å². The molecule has 0 aliphatic heterocycles.